The quantitative estimate of drug-likeness (QED) is 0.505. The molecule has 134 valence electrons. The second-order valence-electron chi connectivity index (χ2n) is 5.82. The van der Waals surface area contributed by atoms with Crippen LogP contribution in [0.2, 0.25) is 0 Å². The molecule has 7 heteroatoms. The molecule has 1 heterocycles. The van der Waals surface area contributed by atoms with Gasteiger partial charge in [-0.1, -0.05) is 11.9 Å². The molecule has 0 saturated heterocycles. The summed E-state index contributed by atoms with van der Waals surface area (Å²) in [6.45, 7) is 3.96. The number of hydrogen-bond donors (Lipinski definition) is 3. The van der Waals surface area contributed by atoms with Gasteiger partial charge in [-0.3, -0.25) is 0 Å². The third kappa shape index (κ3) is 4.43. The molecule has 0 spiro atoms. The van der Waals surface area contributed by atoms with Crippen LogP contribution in [0.4, 0.5) is 33.2 Å². The van der Waals surface area contributed by atoms with Crippen LogP contribution in [0.25, 0.3) is 0 Å². The number of rotatable bonds is 6. The van der Waals surface area contributed by atoms with Crippen LogP contribution < -0.4 is 15.4 Å². The van der Waals surface area contributed by atoms with Crippen molar-refractivity contribution < 1.29 is 4.39 Å². The topological polar surface area (TPSA) is 61.9 Å². The zero-order valence-electron chi connectivity index (χ0n) is 14.8. The molecular weight excluding hydrogens is 349 g/mol. The Balaban J connectivity index is 1.78. The summed E-state index contributed by atoms with van der Waals surface area (Å²) in [6.07, 6.45) is 3.74. The van der Waals surface area contributed by atoms with Crippen molar-refractivity contribution in [2.45, 2.75) is 13.8 Å². The van der Waals surface area contributed by atoms with Gasteiger partial charge in [-0.25, -0.2) is 9.37 Å². The lowest BCUT2D eigenvalue weighted by Crippen LogP contribution is -2.03. The molecule has 0 unspecified atom stereocenters. The van der Waals surface area contributed by atoms with E-state index in [4.69, 9.17) is 0 Å². The largest absolute Gasteiger partial charge is 0.340 e. The first kappa shape index (κ1) is 18.0. The van der Waals surface area contributed by atoms with Gasteiger partial charge in [0.1, 0.15) is 11.6 Å². The smallest absolute Gasteiger partial charge is 0.229 e. The molecule has 0 radical (unpaired) electrons. The second kappa shape index (κ2) is 8.05. The van der Waals surface area contributed by atoms with Crippen molar-refractivity contribution in [3.8, 4) is 0 Å². The van der Waals surface area contributed by atoms with Gasteiger partial charge in [-0.2, -0.15) is 4.98 Å². The maximum Gasteiger partial charge on any atom is 0.229 e. The molecule has 0 amide bonds. The number of benzene rings is 2. The number of halogens is 1. The van der Waals surface area contributed by atoms with Crippen molar-refractivity contribution in [3.63, 3.8) is 0 Å². The van der Waals surface area contributed by atoms with Gasteiger partial charge < -0.3 is 15.4 Å². The predicted molar refractivity (Wildman–Crippen MR) is 108 cm³/mol. The Kier molecular flexibility index (Phi) is 5.58. The maximum absolute atomic E-state index is 13.1. The Bertz CT molecular complexity index is 899. The van der Waals surface area contributed by atoms with Crippen molar-refractivity contribution in [2.75, 3.05) is 21.6 Å². The van der Waals surface area contributed by atoms with E-state index in [1.54, 1.807) is 30.3 Å². The van der Waals surface area contributed by atoms with Crippen molar-refractivity contribution in [1.82, 2.24) is 9.97 Å². The monoisotopic (exact) mass is 369 g/mol. The Morgan fingerprint density at radius 2 is 1.65 bits per heavy atom. The Morgan fingerprint density at radius 1 is 0.923 bits per heavy atom. The highest BCUT2D eigenvalue weighted by Crippen LogP contribution is 2.24. The van der Waals surface area contributed by atoms with E-state index in [9.17, 15) is 4.39 Å². The maximum atomic E-state index is 13.1. The fraction of sp³-hybridized carbons (Fsp3) is 0.158. The number of hydrogen-bond acceptors (Lipinski definition) is 6. The molecule has 0 aliphatic rings. The lowest BCUT2D eigenvalue weighted by Gasteiger charge is -2.12. The van der Waals surface area contributed by atoms with E-state index >= 15 is 0 Å². The molecule has 0 fully saturated rings. The van der Waals surface area contributed by atoms with Gasteiger partial charge in [0.25, 0.3) is 0 Å². The summed E-state index contributed by atoms with van der Waals surface area (Å²) in [6, 6.07) is 12.2. The van der Waals surface area contributed by atoms with Gasteiger partial charge in [-0.15, -0.1) is 0 Å². The molecule has 0 atom stereocenters. The molecule has 3 aromatic rings. The fourth-order valence-corrected chi connectivity index (χ4v) is 2.84. The van der Waals surface area contributed by atoms with Crippen molar-refractivity contribution in [2.24, 2.45) is 0 Å². The zero-order chi connectivity index (χ0) is 18.5. The van der Waals surface area contributed by atoms with Crippen LogP contribution in [0, 0.1) is 19.7 Å². The zero-order valence-corrected chi connectivity index (χ0v) is 15.6. The van der Waals surface area contributed by atoms with Crippen LogP contribution in [-0.2, 0) is 0 Å². The average Bonchev–Trinajstić information content (AvgIpc) is 2.62. The highest BCUT2D eigenvalue weighted by atomic mass is 32.2. The van der Waals surface area contributed by atoms with Crippen molar-refractivity contribution >= 4 is 40.8 Å². The molecule has 2 aromatic carbocycles. The Morgan fingerprint density at radius 3 is 2.35 bits per heavy atom. The van der Waals surface area contributed by atoms with Crippen LogP contribution in [0.1, 0.15) is 11.1 Å². The summed E-state index contributed by atoms with van der Waals surface area (Å²) in [5.41, 5.74) is 4.77. The predicted octanol–water partition coefficient (Wildman–Crippen LogP) is 5.41. The minimum absolute atomic E-state index is 0.271. The van der Waals surface area contributed by atoms with E-state index in [-0.39, 0.29) is 5.82 Å². The lowest BCUT2D eigenvalue weighted by atomic mass is 10.2. The summed E-state index contributed by atoms with van der Waals surface area (Å²) in [5, 5.41) is 6.41. The summed E-state index contributed by atoms with van der Waals surface area (Å²) in [4.78, 5) is 8.86. The van der Waals surface area contributed by atoms with Gasteiger partial charge in [-0.05, 0) is 61.9 Å². The molecule has 1 aromatic heterocycles. The molecule has 0 aliphatic carbocycles. The number of anilines is 5. The minimum Gasteiger partial charge on any atom is -0.340 e. The van der Waals surface area contributed by atoms with Crippen LogP contribution in [0.15, 0.2) is 48.7 Å². The normalized spacial score (nSPS) is 10.5. The summed E-state index contributed by atoms with van der Waals surface area (Å²) < 4.78 is 16.3. The van der Waals surface area contributed by atoms with E-state index in [0.717, 1.165) is 28.2 Å². The highest BCUT2D eigenvalue weighted by molar-refractivity contribution is 7.99. The van der Waals surface area contributed by atoms with E-state index < -0.39 is 0 Å². The lowest BCUT2D eigenvalue weighted by molar-refractivity contribution is 0.628. The van der Waals surface area contributed by atoms with Crippen LogP contribution in [0.5, 0.6) is 0 Å². The first-order chi connectivity index (χ1) is 12.5. The van der Waals surface area contributed by atoms with Gasteiger partial charge in [0.2, 0.25) is 5.95 Å². The van der Waals surface area contributed by atoms with E-state index in [1.165, 1.54) is 12.1 Å². The molecule has 3 rings (SSSR count). The SMILES string of the molecule is CSNc1ccc(Nc2ncc(C)c(Nc3ccc(F)cc3)n2)cc1C. The van der Waals surface area contributed by atoms with Gasteiger partial charge in [0, 0.05) is 35.1 Å². The van der Waals surface area contributed by atoms with Gasteiger partial charge in [0.15, 0.2) is 0 Å². The molecule has 0 aliphatic heterocycles. The van der Waals surface area contributed by atoms with E-state index in [2.05, 4.69) is 25.3 Å². The second-order valence-corrected chi connectivity index (χ2v) is 6.43. The van der Waals surface area contributed by atoms with Crippen LogP contribution in [0.3, 0.4) is 0 Å². The molecule has 26 heavy (non-hydrogen) atoms. The van der Waals surface area contributed by atoms with Gasteiger partial charge >= 0.3 is 0 Å². The standard InChI is InChI=1S/C19H20FN5S/c1-12-10-16(8-9-17(12)25-26-3)23-19-21-11-13(2)18(24-19)22-15-6-4-14(20)5-7-15/h4-11,25H,1-3H3,(H2,21,22,23,24). The van der Waals surface area contributed by atoms with Gasteiger partial charge in [0.05, 0.1) is 0 Å². The summed E-state index contributed by atoms with van der Waals surface area (Å²) in [7, 11) is 0. The number of nitrogens with zero attached hydrogens (tertiary/aromatic N) is 2. The van der Waals surface area contributed by atoms with Crippen molar-refractivity contribution in [1.29, 1.82) is 0 Å². The minimum atomic E-state index is -0.271. The molecule has 0 bridgehead atoms. The summed E-state index contributed by atoms with van der Waals surface area (Å²) >= 11 is 1.56. The molecule has 0 saturated carbocycles. The highest BCUT2D eigenvalue weighted by Gasteiger charge is 2.06. The molecule has 5 nitrogen and oxygen atoms in total. The van der Waals surface area contributed by atoms with Crippen molar-refractivity contribution in [3.05, 3.63) is 65.6 Å². The average molecular weight is 369 g/mol. The number of nitrogens with one attached hydrogen (secondary N) is 3. The third-order valence-electron chi connectivity index (χ3n) is 3.77. The van der Waals surface area contributed by atoms with E-state index in [1.807, 2.05) is 38.3 Å². The summed E-state index contributed by atoms with van der Waals surface area (Å²) in [5.74, 6) is 0.892. The van der Waals surface area contributed by atoms with E-state index in [0.29, 0.717) is 11.8 Å². The third-order valence-corrected chi connectivity index (χ3v) is 4.20. The van der Waals surface area contributed by atoms with Crippen LogP contribution in [-0.4, -0.2) is 16.2 Å². The molecular formula is C19H20FN5S. The first-order valence-electron chi connectivity index (χ1n) is 8.08. The Hall–Kier alpha value is -2.80. The fourth-order valence-electron chi connectivity index (χ4n) is 2.39. The first-order valence-corrected chi connectivity index (χ1v) is 9.30. The molecule has 3 N–H and O–H groups in total. The number of aryl methyl sites for hydroxylation is 2. The van der Waals surface area contributed by atoms with Crippen LogP contribution >= 0.6 is 11.9 Å². The Labute approximate surface area is 156 Å². The number of aromatic nitrogens is 2.